The Labute approximate surface area is 261 Å². The number of hydrogen-bond acceptors (Lipinski definition) is 5. The Hall–Kier alpha value is -4.53. The molecule has 3 aliphatic rings. The SMILES string of the molecule is C[C@H]1[C@H](C(C)(C)F)[C@@H](CCO)O[C@]12C(=O)N(Cc1cccc(N3C(=O)c4ccccc4Oc4ccccc43)c1)c1ccccc12. The fraction of sp³-hybridized carbons (Fsp3) is 0.297. The van der Waals surface area contributed by atoms with E-state index in [1.807, 2.05) is 91.9 Å². The van der Waals surface area contributed by atoms with Crippen molar-refractivity contribution in [3.8, 4) is 11.5 Å². The highest BCUT2D eigenvalue weighted by molar-refractivity contribution is 6.14. The number of halogens is 1. The zero-order valence-corrected chi connectivity index (χ0v) is 25.4. The molecular formula is C37H35FN2O5. The molecule has 4 aromatic carbocycles. The minimum Gasteiger partial charge on any atom is -0.454 e. The van der Waals surface area contributed by atoms with E-state index in [2.05, 4.69) is 0 Å². The summed E-state index contributed by atoms with van der Waals surface area (Å²) in [5.41, 5.74) is 0.905. The third-order valence-corrected chi connectivity index (χ3v) is 9.44. The topological polar surface area (TPSA) is 79.3 Å². The van der Waals surface area contributed by atoms with Crippen molar-refractivity contribution in [3.05, 3.63) is 114 Å². The van der Waals surface area contributed by atoms with E-state index in [0.717, 1.165) is 5.56 Å². The number of amides is 2. The van der Waals surface area contributed by atoms with Crippen molar-refractivity contribution in [1.29, 1.82) is 0 Å². The Bertz CT molecular complexity index is 1800. The Morgan fingerprint density at radius 3 is 2.33 bits per heavy atom. The average Bonchev–Trinajstić information content (AvgIpc) is 3.40. The van der Waals surface area contributed by atoms with E-state index in [0.29, 0.717) is 39.7 Å². The van der Waals surface area contributed by atoms with Crippen LogP contribution in [0.15, 0.2) is 97.1 Å². The van der Waals surface area contributed by atoms with Gasteiger partial charge in [-0.25, -0.2) is 4.39 Å². The summed E-state index contributed by atoms with van der Waals surface area (Å²) < 4.78 is 28.4. The van der Waals surface area contributed by atoms with Gasteiger partial charge in [-0.3, -0.25) is 14.5 Å². The van der Waals surface area contributed by atoms with E-state index in [1.54, 1.807) is 21.9 Å². The molecule has 0 radical (unpaired) electrons. The van der Waals surface area contributed by atoms with E-state index >= 15 is 4.39 Å². The van der Waals surface area contributed by atoms with Gasteiger partial charge in [-0.2, -0.15) is 0 Å². The summed E-state index contributed by atoms with van der Waals surface area (Å²) in [6, 6.07) is 29.7. The molecule has 3 aliphatic heterocycles. The molecule has 7 rings (SSSR count). The molecule has 0 unspecified atom stereocenters. The van der Waals surface area contributed by atoms with Crippen molar-refractivity contribution in [2.75, 3.05) is 16.4 Å². The predicted molar refractivity (Wildman–Crippen MR) is 170 cm³/mol. The van der Waals surface area contributed by atoms with Crippen LogP contribution in [-0.2, 0) is 21.7 Å². The Balaban J connectivity index is 1.27. The van der Waals surface area contributed by atoms with Crippen molar-refractivity contribution < 1.29 is 28.6 Å². The Kier molecular flexibility index (Phi) is 7.02. The lowest BCUT2D eigenvalue weighted by Gasteiger charge is -2.32. The van der Waals surface area contributed by atoms with Crippen LogP contribution < -0.4 is 14.5 Å². The van der Waals surface area contributed by atoms with Crippen molar-refractivity contribution in [2.45, 2.75) is 51.1 Å². The lowest BCUT2D eigenvalue weighted by molar-refractivity contribution is -0.146. The number of ether oxygens (including phenoxy) is 2. The average molecular weight is 607 g/mol. The number of anilines is 3. The van der Waals surface area contributed by atoms with Gasteiger partial charge in [-0.1, -0.05) is 61.5 Å². The molecule has 1 spiro atoms. The lowest BCUT2D eigenvalue weighted by atomic mass is 9.71. The third kappa shape index (κ3) is 4.54. The smallest absolute Gasteiger partial charge is 0.266 e. The predicted octanol–water partition coefficient (Wildman–Crippen LogP) is 7.29. The number of hydrogen-bond donors (Lipinski definition) is 1. The Morgan fingerprint density at radius 1 is 0.889 bits per heavy atom. The highest BCUT2D eigenvalue weighted by Crippen LogP contribution is 2.58. The summed E-state index contributed by atoms with van der Waals surface area (Å²) in [5, 5.41) is 9.79. The first-order valence-electron chi connectivity index (χ1n) is 15.3. The van der Waals surface area contributed by atoms with Gasteiger partial charge >= 0.3 is 0 Å². The molecule has 0 bridgehead atoms. The molecule has 8 heteroatoms. The molecule has 0 saturated carbocycles. The highest BCUT2D eigenvalue weighted by Gasteiger charge is 2.65. The van der Waals surface area contributed by atoms with Crippen LogP contribution in [0.25, 0.3) is 0 Å². The zero-order chi connectivity index (χ0) is 31.5. The number of carbonyl (C=O) groups is 2. The number of nitrogens with zero attached hydrogens (tertiary/aromatic N) is 2. The van der Waals surface area contributed by atoms with Gasteiger partial charge in [-0.15, -0.1) is 0 Å². The van der Waals surface area contributed by atoms with Gasteiger partial charge in [0.05, 0.1) is 29.6 Å². The zero-order valence-electron chi connectivity index (χ0n) is 25.4. The molecule has 4 atom stereocenters. The molecule has 0 aromatic heterocycles. The van der Waals surface area contributed by atoms with E-state index in [4.69, 9.17) is 9.47 Å². The van der Waals surface area contributed by atoms with Gasteiger partial charge in [0.15, 0.2) is 11.4 Å². The number of aliphatic hydroxyl groups excluding tert-OH is 1. The molecule has 7 nitrogen and oxygen atoms in total. The second-order valence-corrected chi connectivity index (χ2v) is 12.6. The summed E-state index contributed by atoms with van der Waals surface area (Å²) in [6.45, 7) is 4.96. The van der Waals surface area contributed by atoms with E-state index in [1.165, 1.54) is 13.8 Å². The molecule has 1 fully saturated rings. The molecule has 45 heavy (non-hydrogen) atoms. The maximum atomic E-state index is 15.7. The van der Waals surface area contributed by atoms with Crippen molar-refractivity contribution in [3.63, 3.8) is 0 Å². The summed E-state index contributed by atoms with van der Waals surface area (Å²) in [5.74, 6) is -0.512. The molecule has 1 N–H and O–H groups in total. The van der Waals surface area contributed by atoms with Crippen LogP contribution in [0.3, 0.4) is 0 Å². The molecule has 230 valence electrons. The maximum Gasteiger partial charge on any atom is 0.266 e. The maximum absolute atomic E-state index is 15.7. The monoisotopic (exact) mass is 606 g/mol. The number of benzene rings is 4. The van der Waals surface area contributed by atoms with Crippen LogP contribution in [0, 0.1) is 11.8 Å². The fourth-order valence-corrected chi connectivity index (χ4v) is 7.60. The van der Waals surface area contributed by atoms with Gasteiger partial charge in [0, 0.05) is 29.7 Å². The number of rotatable bonds is 6. The van der Waals surface area contributed by atoms with Crippen LogP contribution in [0.4, 0.5) is 21.5 Å². The molecule has 3 heterocycles. The molecule has 0 aliphatic carbocycles. The normalized spacial score (nSPS) is 23.9. The summed E-state index contributed by atoms with van der Waals surface area (Å²) in [4.78, 5) is 31.9. The molecule has 4 aromatic rings. The van der Waals surface area contributed by atoms with Gasteiger partial charge < -0.3 is 19.5 Å². The van der Waals surface area contributed by atoms with E-state index in [-0.39, 0.29) is 31.4 Å². The number of fused-ring (bicyclic) bond motifs is 4. The van der Waals surface area contributed by atoms with E-state index < -0.39 is 29.2 Å². The molecule has 1 saturated heterocycles. The number of alkyl halides is 1. The second kappa shape index (κ2) is 10.8. The quantitative estimate of drug-likeness (QED) is 0.249. The van der Waals surface area contributed by atoms with Crippen LogP contribution in [-0.4, -0.2) is 35.3 Å². The number of aliphatic hydroxyl groups is 1. The minimum atomic E-state index is -1.63. The van der Waals surface area contributed by atoms with Crippen LogP contribution in [0.2, 0.25) is 0 Å². The lowest BCUT2D eigenvalue weighted by Crippen LogP contribution is -2.45. The van der Waals surface area contributed by atoms with Crippen LogP contribution >= 0.6 is 0 Å². The summed E-state index contributed by atoms with van der Waals surface area (Å²) in [7, 11) is 0. The van der Waals surface area contributed by atoms with E-state index in [9.17, 15) is 14.7 Å². The fourth-order valence-electron chi connectivity index (χ4n) is 7.60. The first kappa shape index (κ1) is 29.2. The van der Waals surface area contributed by atoms with Crippen LogP contribution in [0.1, 0.15) is 48.7 Å². The number of para-hydroxylation sites is 4. The van der Waals surface area contributed by atoms with Crippen LogP contribution in [0.5, 0.6) is 11.5 Å². The first-order valence-corrected chi connectivity index (χ1v) is 15.3. The molecular weight excluding hydrogens is 571 g/mol. The molecule has 2 amide bonds. The van der Waals surface area contributed by atoms with Crippen molar-refractivity contribution in [1.82, 2.24) is 0 Å². The van der Waals surface area contributed by atoms with Crippen molar-refractivity contribution >= 4 is 28.9 Å². The summed E-state index contributed by atoms with van der Waals surface area (Å²) >= 11 is 0. The van der Waals surface area contributed by atoms with Gasteiger partial charge in [0.1, 0.15) is 11.4 Å². The van der Waals surface area contributed by atoms with Gasteiger partial charge in [0.2, 0.25) is 0 Å². The third-order valence-electron chi connectivity index (χ3n) is 9.44. The minimum absolute atomic E-state index is 0.166. The van der Waals surface area contributed by atoms with Gasteiger partial charge in [0.25, 0.3) is 11.8 Å². The Morgan fingerprint density at radius 2 is 1.58 bits per heavy atom. The second-order valence-electron chi connectivity index (χ2n) is 12.6. The van der Waals surface area contributed by atoms with Crippen molar-refractivity contribution in [2.24, 2.45) is 11.8 Å². The standard InChI is InChI=1S/C37H35FN2O5/c1-23-33(36(2,3)38)32(19-20-41)45-37(23)27-14-5-6-15-28(27)39(35(37)43)22-24-11-10-12-25(21-24)40-29-16-7-9-18-31(29)44-30-17-8-4-13-26(30)34(40)42/h4-18,21,23,32-33,41H,19-20,22H2,1-3H3/t23-,32+,33-,37+/m0/s1. The first-order chi connectivity index (χ1) is 21.6. The number of carbonyl (C=O) groups excluding carboxylic acids is 2. The van der Waals surface area contributed by atoms with Gasteiger partial charge in [-0.05, 0) is 68.3 Å². The summed E-state index contributed by atoms with van der Waals surface area (Å²) in [6.07, 6.45) is -0.385. The largest absolute Gasteiger partial charge is 0.454 e. The highest BCUT2D eigenvalue weighted by atomic mass is 19.1.